The number of ether oxygens (including phenoxy) is 1. The van der Waals surface area contributed by atoms with Gasteiger partial charge in [-0.1, -0.05) is 25.4 Å². The van der Waals surface area contributed by atoms with Gasteiger partial charge in [-0.3, -0.25) is 0 Å². The first-order valence-corrected chi connectivity index (χ1v) is 5.20. The van der Waals surface area contributed by atoms with Crippen LogP contribution in [0.3, 0.4) is 0 Å². The molecule has 0 aliphatic rings. The monoisotopic (exact) mass is 213 g/mol. The van der Waals surface area contributed by atoms with Crippen molar-refractivity contribution in [2.24, 2.45) is 0 Å². The highest BCUT2D eigenvalue weighted by Crippen LogP contribution is 2.26. The van der Waals surface area contributed by atoms with E-state index in [1.165, 1.54) is 0 Å². The van der Waals surface area contributed by atoms with Crippen molar-refractivity contribution >= 4 is 11.6 Å². The fourth-order valence-electron chi connectivity index (χ4n) is 1.07. The molecule has 0 spiro atoms. The van der Waals surface area contributed by atoms with Gasteiger partial charge in [0.05, 0.1) is 6.10 Å². The summed E-state index contributed by atoms with van der Waals surface area (Å²) in [5.74, 6) is 0.958. The van der Waals surface area contributed by atoms with Crippen LogP contribution in [0, 0.1) is 0 Å². The average molecular weight is 214 g/mol. The Morgan fingerprint density at radius 2 is 1.93 bits per heavy atom. The molecule has 0 unspecified atom stereocenters. The van der Waals surface area contributed by atoms with E-state index < -0.39 is 0 Å². The summed E-state index contributed by atoms with van der Waals surface area (Å²) in [6, 6.07) is 1.91. The maximum Gasteiger partial charge on any atom is 0.232 e. The van der Waals surface area contributed by atoms with Crippen molar-refractivity contribution in [3.63, 3.8) is 0 Å². The zero-order valence-electron chi connectivity index (χ0n) is 9.04. The number of pyridine rings is 1. The van der Waals surface area contributed by atoms with Gasteiger partial charge in [-0.05, 0) is 31.4 Å². The summed E-state index contributed by atoms with van der Waals surface area (Å²) in [7, 11) is 0. The molecule has 0 saturated heterocycles. The molecule has 0 saturated carbocycles. The minimum absolute atomic E-state index is 0.102. The number of nitrogens with zero attached hydrogens (tertiary/aromatic N) is 1. The SMILES string of the molecule is CC(C)Oc1ncc(C(C)C)cc1Cl. The van der Waals surface area contributed by atoms with Crippen LogP contribution in [-0.4, -0.2) is 11.1 Å². The molecule has 0 aromatic carbocycles. The van der Waals surface area contributed by atoms with Crippen molar-refractivity contribution in [1.29, 1.82) is 0 Å². The highest BCUT2D eigenvalue weighted by Gasteiger charge is 2.08. The van der Waals surface area contributed by atoms with Crippen LogP contribution in [0.25, 0.3) is 0 Å². The Balaban J connectivity index is 2.90. The van der Waals surface area contributed by atoms with Crippen molar-refractivity contribution in [3.8, 4) is 5.88 Å². The standard InChI is InChI=1S/C11H16ClNO/c1-7(2)9-5-10(12)11(13-6-9)14-8(3)4/h5-8H,1-4H3. The molecular weight excluding hydrogens is 198 g/mol. The first-order valence-electron chi connectivity index (χ1n) is 4.82. The van der Waals surface area contributed by atoms with Crippen molar-refractivity contribution in [3.05, 3.63) is 22.8 Å². The van der Waals surface area contributed by atoms with Gasteiger partial charge in [0, 0.05) is 6.20 Å². The molecule has 1 aromatic rings. The predicted octanol–water partition coefficient (Wildman–Crippen LogP) is 3.65. The maximum atomic E-state index is 6.03. The number of hydrogen-bond donors (Lipinski definition) is 0. The van der Waals surface area contributed by atoms with Gasteiger partial charge in [-0.15, -0.1) is 0 Å². The molecule has 0 amide bonds. The number of halogens is 1. The molecule has 1 heterocycles. The van der Waals surface area contributed by atoms with Crippen LogP contribution in [0.4, 0.5) is 0 Å². The summed E-state index contributed by atoms with van der Waals surface area (Å²) in [6.07, 6.45) is 1.92. The summed E-state index contributed by atoms with van der Waals surface area (Å²) in [6.45, 7) is 8.12. The molecule has 0 aliphatic heterocycles. The second kappa shape index (κ2) is 4.65. The molecule has 78 valence electrons. The van der Waals surface area contributed by atoms with E-state index in [9.17, 15) is 0 Å². The molecule has 14 heavy (non-hydrogen) atoms. The van der Waals surface area contributed by atoms with Crippen LogP contribution < -0.4 is 4.74 Å². The Morgan fingerprint density at radius 3 is 2.36 bits per heavy atom. The molecule has 0 atom stereocenters. The van der Waals surface area contributed by atoms with Gasteiger partial charge in [0.15, 0.2) is 0 Å². The van der Waals surface area contributed by atoms with Crippen molar-refractivity contribution in [2.75, 3.05) is 0 Å². The lowest BCUT2D eigenvalue weighted by atomic mass is 10.1. The summed E-state index contributed by atoms with van der Waals surface area (Å²) in [5.41, 5.74) is 1.13. The third kappa shape index (κ3) is 2.88. The third-order valence-corrected chi connectivity index (χ3v) is 2.11. The molecule has 0 aliphatic carbocycles. The van der Waals surface area contributed by atoms with E-state index in [1.54, 1.807) is 0 Å². The molecule has 3 heteroatoms. The minimum Gasteiger partial charge on any atom is -0.474 e. The largest absolute Gasteiger partial charge is 0.474 e. The Hall–Kier alpha value is -0.760. The molecule has 1 rings (SSSR count). The summed E-state index contributed by atoms with van der Waals surface area (Å²) < 4.78 is 5.44. The number of aromatic nitrogens is 1. The lowest BCUT2D eigenvalue weighted by Crippen LogP contribution is -2.07. The van der Waals surface area contributed by atoms with Crippen molar-refractivity contribution in [2.45, 2.75) is 39.7 Å². The first-order chi connectivity index (χ1) is 6.50. The average Bonchev–Trinajstić information content (AvgIpc) is 2.07. The van der Waals surface area contributed by atoms with E-state index in [-0.39, 0.29) is 6.10 Å². The Labute approximate surface area is 90.3 Å². The van der Waals surface area contributed by atoms with Crippen LogP contribution >= 0.6 is 11.6 Å². The van der Waals surface area contributed by atoms with Gasteiger partial charge in [0.25, 0.3) is 0 Å². The zero-order chi connectivity index (χ0) is 10.7. The Bertz CT molecular complexity index is 310. The van der Waals surface area contributed by atoms with Crippen LogP contribution in [-0.2, 0) is 0 Å². The van der Waals surface area contributed by atoms with E-state index in [1.807, 2.05) is 26.1 Å². The van der Waals surface area contributed by atoms with Gasteiger partial charge in [-0.2, -0.15) is 0 Å². The molecule has 0 N–H and O–H groups in total. The smallest absolute Gasteiger partial charge is 0.232 e. The predicted molar refractivity (Wildman–Crippen MR) is 59.1 cm³/mol. The Morgan fingerprint density at radius 1 is 1.29 bits per heavy atom. The zero-order valence-corrected chi connectivity index (χ0v) is 9.80. The molecule has 1 aromatic heterocycles. The van der Waals surface area contributed by atoms with Gasteiger partial charge in [0.1, 0.15) is 5.02 Å². The summed E-state index contributed by atoms with van der Waals surface area (Å²) in [5, 5.41) is 0.588. The highest BCUT2D eigenvalue weighted by atomic mass is 35.5. The van der Waals surface area contributed by atoms with Crippen LogP contribution in [0.15, 0.2) is 12.3 Å². The van der Waals surface area contributed by atoms with Crippen molar-refractivity contribution in [1.82, 2.24) is 4.98 Å². The Kier molecular flexibility index (Phi) is 3.76. The summed E-state index contributed by atoms with van der Waals surface area (Å²) in [4.78, 5) is 4.19. The minimum atomic E-state index is 0.102. The fourth-order valence-corrected chi connectivity index (χ4v) is 1.29. The van der Waals surface area contributed by atoms with Crippen LogP contribution in [0.2, 0.25) is 5.02 Å². The molecule has 0 radical (unpaired) electrons. The quantitative estimate of drug-likeness (QED) is 0.765. The fraction of sp³-hybridized carbons (Fsp3) is 0.545. The second-order valence-electron chi connectivity index (χ2n) is 3.88. The second-order valence-corrected chi connectivity index (χ2v) is 4.28. The van der Waals surface area contributed by atoms with E-state index >= 15 is 0 Å². The number of hydrogen-bond acceptors (Lipinski definition) is 2. The van der Waals surface area contributed by atoms with Crippen LogP contribution in [0.1, 0.15) is 39.2 Å². The number of rotatable bonds is 3. The topological polar surface area (TPSA) is 22.1 Å². The van der Waals surface area contributed by atoms with Gasteiger partial charge in [-0.25, -0.2) is 4.98 Å². The molecule has 2 nitrogen and oxygen atoms in total. The van der Waals surface area contributed by atoms with Crippen LogP contribution in [0.5, 0.6) is 5.88 Å². The first kappa shape index (κ1) is 11.3. The van der Waals surface area contributed by atoms with E-state index in [0.29, 0.717) is 16.8 Å². The molecular formula is C11H16ClNO. The van der Waals surface area contributed by atoms with E-state index in [4.69, 9.17) is 16.3 Å². The van der Waals surface area contributed by atoms with Gasteiger partial charge in [0.2, 0.25) is 5.88 Å². The summed E-state index contributed by atoms with van der Waals surface area (Å²) >= 11 is 6.03. The lowest BCUT2D eigenvalue weighted by molar-refractivity contribution is 0.232. The molecule has 0 bridgehead atoms. The van der Waals surface area contributed by atoms with Gasteiger partial charge < -0.3 is 4.74 Å². The lowest BCUT2D eigenvalue weighted by Gasteiger charge is -2.12. The normalized spacial score (nSPS) is 11.1. The maximum absolute atomic E-state index is 6.03. The van der Waals surface area contributed by atoms with E-state index in [0.717, 1.165) is 5.56 Å². The van der Waals surface area contributed by atoms with Crippen molar-refractivity contribution < 1.29 is 4.74 Å². The molecule has 0 fully saturated rings. The van der Waals surface area contributed by atoms with E-state index in [2.05, 4.69) is 18.8 Å². The third-order valence-electron chi connectivity index (χ3n) is 1.84. The highest BCUT2D eigenvalue weighted by molar-refractivity contribution is 6.31. The van der Waals surface area contributed by atoms with Gasteiger partial charge >= 0.3 is 0 Å².